The molecule has 0 aliphatic carbocycles. The summed E-state index contributed by atoms with van der Waals surface area (Å²) in [6, 6.07) is 5.51. The van der Waals surface area contributed by atoms with Gasteiger partial charge in [-0.2, -0.15) is 0 Å². The number of benzene rings is 1. The van der Waals surface area contributed by atoms with Gasteiger partial charge in [0.05, 0.1) is 20.1 Å². The molecule has 0 heterocycles. The number of hydrogen-bond acceptors (Lipinski definition) is 3. The van der Waals surface area contributed by atoms with Gasteiger partial charge in [0.15, 0.2) is 11.5 Å². The summed E-state index contributed by atoms with van der Waals surface area (Å²) in [4.78, 5) is 10.8. The number of methoxy groups -OCH3 is 2. The molecule has 3 nitrogen and oxygen atoms in total. The molecule has 0 aliphatic rings. The molecule has 0 amide bonds. The van der Waals surface area contributed by atoms with E-state index in [1.54, 1.807) is 20.3 Å². The van der Waals surface area contributed by atoms with E-state index in [1.807, 2.05) is 25.3 Å². The molecular weight excluding hydrogens is 192 g/mol. The lowest BCUT2D eigenvalue weighted by molar-refractivity contribution is 0.350. The molecule has 0 N–H and O–H groups in total. The van der Waals surface area contributed by atoms with Gasteiger partial charge in [-0.1, -0.05) is 19.1 Å². The van der Waals surface area contributed by atoms with E-state index in [2.05, 4.69) is 0 Å². The second kappa shape index (κ2) is 5.39. The highest BCUT2D eigenvalue weighted by Gasteiger charge is 2.17. The van der Waals surface area contributed by atoms with E-state index < -0.39 is 0 Å². The molecule has 0 aliphatic heterocycles. The van der Waals surface area contributed by atoms with Crippen LogP contribution in [0.3, 0.4) is 0 Å². The van der Waals surface area contributed by atoms with E-state index in [0.717, 1.165) is 5.56 Å². The predicted molar refractivity (Wildman–Crippen MR) is 58.3 cm³/mol. The first-order valence-corrected chi connectivity index (χ1v) is 4.87. The highest BCUT2D eigenvalue weighted by atomic mass is 16.5. The molecule has 1 aromatic rings. The minimum absolute atomic E-state index is 0.255. The Morgan fingerprint density at radius 2 is 2.07 bits per heavy atom. The summed E-state index contributed by atoms with van der Waals surface area (Å²) in [6.07, 6.45) is 2.71. The quantitative estimate of drug-likeness (QED) is 0.743. The summed E-state index contributed by atoms with van der Waals surface area (Å²) < 4.78 is 10.4. The maximum absolute atomic E-state index is 10.8. The summed E-state index contributed by atoms with van der Waals surface area (Å²) in [5.74, 6) is 1.01. The topological polar surface area (TPSA) is 35.5 Å². The molecule has 1 rings (SSSR count). The predicted octanol–water partition coefficient (Wildman–Crippen LogP) is 2.31. The van der Waals surface area contributed by atoms with Gasteiger partial charge in [-0.05, 0) is 12.5 Å². The SMILES string of the molecule is CCC([C]=O)c1cccc(OC)c1OC. The molecule has 0 saturated heterocycles. The number of carbonyl (C=O) groups excluding carboxylic acids is 1. The lowest BCUT2D eigenvalue weighted by atomic mass is 9.97. The molecule has 3 heteroatoms. The molecule has 1 unspecified atom stereocenters. The highest BCUT2D eigenvalue weighted by molar-refractivity contribution is 5.66. The zero-order valence-corrected chi connectivity index (χ0v) is 9.24. The van der Waals surface area contributed by atoms with Crippen LogP contribution in [-0.4, -0.2) is 20.5 Å². The van der Waals surface area contributed by atoms with Crippen molar-refractivity contribution in [3.05, 3.63) is 23.8 Å². The van der Waals surface area contributed by atoms with Crippen LogP contribution in [0.25, 0.3) is 0 Å². The number of rotatable bonds is 5. The fourth-order valence-corrected chi connectivity index (χ4v) is 1.55. The lowest BCUT2D eigenvalue weighted by Crippen LogP contribution is -2.02. The number of para-hydroxylation sites is 1. The molecule has 1 atom stereocenters. The maximum atomic E-state index is 10.8. The standard InChI is InChI=1S/C12H15O3/c1-4-9(8-13)10-6-5-7-11(14-2)12(10)15-3/h5-7,9H,4H2,1-3H3. The second-order valence-electron chi connectivity index (χ2n) is 3.16. The van der Waals surface area contributed by atoms with Crippen molar-refractivity contribution in [1.29, 1.82) is 0 Å². The van der Waals surface area contributed by atoms with Crippen molar-refractivity contribution >= 4 is 6.29 Å². The minimum atomic E-state index is -0.255. The molecule has 0 spiro atoms. The van der Waals surface area contributed by atoms with Crippen LogP contribution in [0, 0.1) is 0 Å². The van der Waals surface area contributed by atoms with Gasteiger partial charge in [-0.15, -0.1) is 0 Å². The Labute approximate surface area is 90.0 Å². The van der Waals surface area contributed by atoms with Gasteiger partial charge < -0.3 is 9.47 Å². The number of hydrogen-bond donors (Lipinski definition) is 0. The molecule has 1 aromatic carbocycles. The normalized spacial score (nSPS) is 11.9. The van der Waals surface area contributed by atoms with Crippen LogP contribution in [0.4, 0.5) is 0 Å². The van der Waals surface area contributed by atoms with Crippen molar-refractivity contribution in [3.63, 3.8) is 0 Å². The molecule has 0 saturated carbocycles. The van der Waals surface area contributed by atoms with Gasteiger partial charge in [0.25, 0.3) is 0 Å². The van der Waals surface area contributed by atoms with Crippen molar-refractivity contribution in [2.75, 3.05) is 14.2 Å². The molecule has 15 heavy (non-hydrogen) atoms. The van der Waals surface area contributed by atoms with E-state index in [1.165, 1.54) is 0 Å². The third-order valence-corrected chi connectivity index (χ3v) is 2.36. The van der Waals surface area contributed by atoms with E-state index in [4.69, 9.17) is 9.47 Å². The molecule has 0 bridgehead atoms. The van der Waals surface area contributed by atoms with Crippen LogP contribution in [0.5, 0.6) is 11.5 Å². The smallest absolute Gasteiger partial charge is 0.206 e. The van der Waals surface area contributed by atoms with E-state index in [-0.39, 0.29) is 5.92 Å². The van der Waals surface area contributed by atoms with Crippen LogP contribution < -0.4 is 9.47 Å². The Kier molecular flexibility index (Phi) is 4.16. The summed E-state index contributed by atoms with van der Waals surface area (Å²) in [6.45, 7) is 1.94. The third-order valence-electron chi connectivity index (χ3n) is 2.36. The van der Waals surface area contributed by atoms with Crippen LogP contribution in [0.1, 0.15) is 24.8 Å². The minimum Gasteiger partial charge on any atom is -0.493 e. The van der Waals surface area contributed by atoms with Crippen molar-refractivity contribution in [2.45, 2.75) is 19.3 Å². The van der Waals surface area contributed by atoms with Crippen LogP contribution >= 0.6 is 0 Å². The van der Waals surface area contributed by atoms with Crippen molar-refractivity contribution < 1.29 is 14.3 Å². The van der Waals surface area contributed by atoms with Crippen LogP contribution in [0.15, 0.2) is 18.2 Å². The van der Waals surface area contributed by atoms with Crippen LogP contribution in [-0.2, 0) is 4.79 Å². The molecular formula is C12H15O3. The van der Waals surface area contributed by atoms with Gasteiger partial charge in [0.2, 0.25) is 6.29 Å². The van der Waals surface area contributed by atoms with Crippen LogP contribution in [0.2, 0.25) is 0 Å². The fourth-order valence-electron chi connectivity index (χ4n) is 1.55. The molecule has 0 aromatic heterocycles. The van der Waals surface area contributed by atoms with Crippen molar-refractivity contribution in [3.8, 4) is 11.5 Å². The Bertz CT molecular complexity index is 334. The molecule has 1 radical (unpaired) electrons. The largest absolute Gasteiger partial charge is 0.493 e. The summed E-state index contributed by atoms with van der Waals surface area (Å²) >= 11 is 0. The van der Waals surface area contributed by atoms with Crippen molar-refractivity contribution in [1.82, 2.24) is 0 Å². The zero-order chi connectivity index (χ0) is 11.3. The Morgan fingerprint density at radius 1 is 1.33 bits per heavy atom. The maximum Gasteiger partial charge on any atom is 0.206 e. The van der Waals surface area contributed by atoms with E-state index in [0.29, 0.717) is 17.9 Å². The highest BCUT2D eigenvalue weighted by Crippen LogP contribution is 2.35. The van der Waals surface area contributed by atoms with Gasteiger partial charge in [-0.3, -0.25) is 4.79 Å². The summed E-state index contributed by atoms with van der Waals surface area (Å²) in [7, 11) is 3.14. The first-order chi connectivity index (χ1) is 7.28. The average Bonchev–Trinajstić information content (AvgIpc) is 2.30. The first kappa shape index (κ1) is 11.6. The van der Waals surface area contributed by atoms with Gasteiger partial charge >= 0.3 is 0 Å². The molecule has 81 valence electrons. The van der Waals surface area contributed by atoms with E-state index in [9.17, 15) is 4.79 Å². The molecule has 0 fully saturated rings. The Balaban J connectivity index is 3.21. The monoisotopic (exact) mass is 207 g/mol. The second-order valence-corrected chi connectivity index (χ2v) is 3.16. The first-order valence-electron chi connectivity index (χ1n) is 4.87. The third kappa shape index (κ3) is 2.29. The summed E-state index contributed by atoms with van der Waals surface area (Å²) in [5, 5.41) is 0. The van der Waals surface area contributed by atoms with Crippen molar-refractivity contribution in [2.24, 2.45) is 0 Å². The Morgan fingerprint density at radius 3 is 2.53 bits per heavy atom. The fraction of sp³-hybridized carbons (Fsp3) is 0.417. The summed E-state index contributed by atoms with van der Waals surface area (Å²) in [5.41, 5.74) is 0.828. The van der Waals surface area contributed by atoms with Gasteiger partial charge in [0, 0.05) is 5.56 Å². The zero-order valence-electron chi connectivity index (χ0n) is 9.24. The van der Waals surface area contributed by atoms with E-state index >= 15 is 0 Å². The average molecular weight is 207 g/mol. The lowest BCUT2D eigenvalue weighted by Gasteiger charge is -2.15. The Hall–Kier alpha value is -1.51. The number of ether oxygens (including phenoxy) is 2. The van der Waals surface area contributed by atoms with Gasteiger partial charge in [0.1, 0.15) is 0 Å². The van der Waals surface area contributed by atoms with Gasteiger partial charge in [-0.25, -0.2) is 0 Å².